The maximum absolute atomic E-state index is 6.12. The number of nitrogens with zero attached hydrogens (tertiary/aromatic N) is 2. The van der Waals surface area contributed by atoms with Crippen molar-refractivity contribution in [3.8, 4) is 33.9 Å². The van der Waals surface area contributed by atoms with Crippen molar-refractivity contribution < 1.29 is 0 Å². The molecule has 2 aromatic heterocycles. The van der Waals surface area contributed by atoms with Gasteiger partial charge in [-0.2, -0.15) is 0 Å². The van der Waals surface area contributed by atoms with Gasteiger partial charge in [-0.25, -0.2) is 9.97 Å². The molecule has 0 saturated heterocycles. The van der Waals surface area contributed by atoms with Crippen molar-refractivity contribution in [1.82, 2.24) is 9.97 Å². The van der Waals surface area contributed by atoms with Crippen LogP contribution in [0.25, 0.3) is 54.1 Å². The molecule has 152 valence electrons. The lowest BCUT2D eigenvalue weighted by Crippen LogP contribution is -1.96. The Hall–Kier alpha value is -3.53. The van der Waals surface area contributed by atoms with Gasteiger partial charge in [0.25, 0.3) is 0 Å². The Kier molecular flexibility index (Phi) is 4.71. The first-order valence-corrected chi connectivity index (χ1v) is 11.6. The Labute approximate surface area is 194 Å². The van der Waals surface area contributed by atoms with Crippen LogP contribution in [0.2, 0.25) is 5.02 Å². The van der Waals surface area contributed by atoms with Gasteiger partial charge < -0.3 is 0 Å². The summed E-state index contributed by atoms with van der Waals surface area (Å²) in [4.78, 5) is 9.92. The molecule has 4 heteroatoms. The van der Waals surface area contributed by atoms with Gasteiger partial charge in [0.2, 0.25) is 0 Å². The fraction of sp³-hybridized carbons (Fsp3) is 0. The maximum atomic E-state index is 6.12. The molecule has 0 aliphatic heterocycles. The monoisotopic (exact) mass is 448 g/mol. The molecule has 6 rings (SSSR count). The van der Waals surface area contributed by atoms with Gasteiger partial charge in [-0.3, -0.25) is 0 Å². The Bertz CT molecular complexity index is 1570. The minimum Gasteiger partial charge on any atom is -0.228 e. The average molecular weight is 449 g/mol. The van der Waals surface area contributed by atoms with Crippen LogP contribution in [0.5, 0.6) is 0 Å². The molecule has 0 spiro atoms. The molecule has 0 saturated carbocycles. The SMILES string of the molecule is Clc1ccc(-c2nc(-c3ccccc3)cc(-c3cccc4sc5ccccc5c34)n2)cc1. The van der Waals surface area contributed by atoms with Gasteiger partial charge in [-0.15, -0.1) is 11.3 Å². The lowest BCUT2D eigenvalue weighted by Gasteiger charge is -2.10. The van der Waals surface area contributed by atoms with E-state index in [2.05, 4.69) is 60.7 Å². The second-order valence-corrected chi connectivity index (χ2v) is 9.13. The Morgan fingerprint density at radius 1 is 0.594 bits per heavy atom. The number of aromatic nitrogens is 2. The van der Waals surface area contributed by atoms with E-state index in [1.54, 1.807) is 0 Å². The van der Waals surface area contributed by atoms with Crippen LogP contribution >= 0.6 is 22.9 Å². The van der Waals surface area contributed by atoms with Gasteiger partial charge in [0.05, 0.1) is 11.4 Å². The Morgan fingerprint density at radius 2 is 1.31 bits per heavy atom. The number of rotatable bonds is 3. The first-order valence-electron chi connectivity index (χ1n) is 10.4. The number of fused-ring (bicyclic) bond motifs is 3. The summed E-state index contributed by atoms with van der Waals surface area (Å²) in [5, 5.41) is 3.20. The van der Waals surface area contributed by atoms with E-state index in [4.69, 9.17) is 21.6 Å². The van der Waals surface area contributed by atoms with Crippen LogP contribution in [0, 0.1) is 0 Å². The minimum absolute atomic E-state index is 0.689. The topological polar surface area (TPSA) is 25.8 Å². The van der Waals surface area contributed by atoms with Gasteiger partial charge in [-0.05, 0) is 42.5 Å². The highest BCUT2D eigenvalue weighted by atomic mass is 35.5. The van der Waals surface area contributed by atoms with E-state index in [0.717, 1.165) is 28.1 Å². The third-order valence-electron chi connectivity index (χ3n) is 5.58. The molecule has 0 unspecified atom stereocenters. The van der Waals surface area contributed by atoms with Crippen LogP contribution in [0.4, 0.5) is 0 Å². The highest BCUT2D eigenvalue weighted by molar-refractivity contribution is 7.25. The van der Waals surface area contributed by atoms with E-state index in [0.29, 0.717) is 10.8 Å². The highest BCUT2D eigenvalue weighted by Gasteiger charge is 2.15. The molecule has 0 bridgehead atoms. The predicted molar refractivity (Wildman–Crippen MR) is 136 cm³/mol. The fourth-order valence-corrected chi connectivity index (χ4v) is 5.32. The summed E-state index contributed by atoms with van der Waals surface area (Å²) in [5.74, 6) is 0.689. The maximum Gasteiger partial charge on any atom is 0.160 e. The largest absolute Gasteiger partial charge is 0.228 e. The van der Waals surface area contributed by atoms with E-state index in [1.165, 1.54) is 20.2 Å². The van der Waals surface area contributed by atoms with E-state index < -0.39 is 0 Å². The van der Waals surface area contributed by atoms with Crippen molar-refractivity contribution in [3.63, 3.8) is 0 Å². The molecule has 0 atom stereocenters. The Balaban J connectivity index is 1.64. The van der Waals surface area contributed by atoms with Gasteiger partial charge in [0.15, 0.2) is 5.82 Å². The van der Waals surface area contributed by atoms with Gasteiger partial charge in [0.1, 0.15) is 0 Å². The lowest BCUT2D eigenvalue weighted by molar-refractivity contribution is 1.19. The number of hydrogen-bond acceptors (Lipinski definition) is 3. The summed E-state index contributed by atoms with van der Waals surface area (Å²) in [5.41, 5.74) is 4.94. The normalized spacial score (nSPS) is 11.3. The van der Waals surface area contributed by atoms with E-state index in [1.807, 2.05) is 53.8 Å². The number of thiophene rings is 1. The van der Waals surface area contributed by atoms with Crippen LogP contribution in [-0.4, -0.2) is 9.97 Å². The summed E-state index contributed by atoms with van der Waals surface area (Å²) in [6.07, 6.45) is 0. The molecule has 0 amide bonds. The van der Waals surface area contributed by atoms with E-state index >= 15 is 0 Å². The Morgan fingerprint density at radius 3 is 2.16 bits per heavy atom. The third kappa shape index (κ3) is 3.36. The lowest BCUT2D eigenvalue weighted by atomic mass is 10.0. The van der Waals surface area contributed by atoms with Gasteiger partial charge in [0, 0.05) is 41.9 Å². The highest BCUT2D eigenvalue weighted by Crippen LogP contribution is 2.40. The van der Waals surface area contributed by atoms with Crippen molar-refractivity contribution in [2.45, 2.75) is 0 Å². The first-order chi connectivity index (χ1) is 15.8. The van der Waals surface area contributed by atoms with Crippen molar-refractivity contribution in [1.29, 1.82) is 0 Å². The fourth-order valence-electron chi connectivity index (χ4n) is 4.06. The van der Waals surface area contributed by atoms with E-state index in [-0.39, 0.29) is 0 Å². The van der Waals surface area contributed by atoms with Crippen LogP contribution in [0.15, 0.2) is 103 Å². The van der Waals surface area contributed by atoms with Crippen LogP contribution in [0.3, 0.4) is 0 Å². The molecule has 2 nitrogen and oxygen atoms in total. The molecular formula is C28H17ClN2S. The molecule has 0 fully saturated rings. The van der Waals surface area contributed by atoms with Gasteiger partial charge >= 0.3 is 0 Å². The predicted octanol–water partition coefficient (Wildman–Crippen LogP) is 8.50. The van der Waals surface area contributed by atoms with Crippen LogP contribution < -0.4 is 0 Å². The standard InChI is InChI=1S/C28H17ClN2S/c29-20-15-13-19(14-16-20)28-30-23(18-7-2-1-3-8-18)17-24(31-28)21-10-6-12-26-27(21)22-9-4-5-11-25(22)32-26/h1-17H. The van der Waals surface area contributed by atoms with E-state index in [9.17, 15) is 0 Å². The molecule has 4 aromatic carbocycles. The zero-order valence-corrected chi connectivity index (χ0v) is 18.6. The molecule has 32 heavy (non-hydrogen) atoms. The molecule has 2 heterocycles. The molecule has 0 aliphatic carbocycles. The zero-order chi connectivity index (χ0) is 21.5. The van der Waals surface area contributed by atoms with Crippen molar-refractivity contribution >= 4 is 43.1 Å². The van der Waals surface area contributed by atoms with Crippen LogP contribution in [0.1, 0.15) is 0 Å². The molecule has 0 N–H and O–H groups in total. The number of hydrogen-bond donors (Lipinski definition) is 0. The first kappa shape index (κ1) is 19.2. The summed E-state index contributed by atoms with van der Waals surface area (Å²) in [6, 6.07) is 35.0. The van der Waals surface area contributed by atoms with Crippen molar-refractivity contribution in [2.75, 3.05) is 0 Å². The molecule has 0 aliphatic rings. The third-order valence-corrected chi connectivity index (χ3v) is 6.96. The zero-order valence-electron chi connectivity index (χ0n) is 17.0. The van der Waals surface area contributed by atoms with Crippen molar-refractivity contribution in [2.24, 2.45) is 0 Å². The average Bonchev–Trinajstić information content (AvgIpc) is 3.24. The molecule has 6 aromatic rings. The summed E-state index contributed by atoms with van der Waals surface area (Å²) < 4.78 is 2.54. The smallest absolute Gasteiger partial charge is 0.160 e. The summed E-state index contributed by atoms with van der Waals surface area (Å²) >= 11 is 7.94. The van der Waals surface area contributed by atoms with Gasteiger partial charge in [-0.1, -0.05) is 72.3 Å². The minimum atomic E-state index is 0.689. The quantitative estimate of drug-likeness (QED) is 0.271. The number of halogens is 1. The van der Waals surface area contributed by atoms with Crippen LogP contribution in [-0.2, 0) is 0 Å². The molecular weight excluding hydrogens is 432 g/mol. The molecule has 0 radical (unpaired) electrons. The summed E-state index contributed by atoms with van der Waals surface area (Å²) in [7, 11) is 0. The second kappa shape index (κ2) is 7.86. The van der Waals surface area contributed by atoms with Crippen molar-refractivity contribution in [3.05, 3.63) is 108 Å². The number of benzene rings is 4. The second-order valence-electron chi connectivity index (χ2n) is 7.61. The summed E-state index contributed by atoms with van der Waals surface area (Å²) in [6.45, 7) is 0.